The number of amides is 2. The molecular weight excluding hydrogens is 481 g/mol. The van der Waals surface area contributed by atoms with Gasteiger partial charge in [0.25, 0.3) is 5.56 Å². The van der Waals surface area contributed by atoms with Crippen molar-refractivity contribution in [3.63, 3.8) is 0 Å². The summed E-state index contributed by atoms with van der Waals surface area (Å²) in [5.74, 6) is -1.20. The molecule has 1 aromatic heterocycles. The van der Waals surface area contributed by atoms with Crippen molar-refractivity contribution in [1.29, 1.82) is 0 Å². The summed E-state index contributed by atoms with van der Waals surface area (Å²) < 4.78 is 40.2. The molecule has 0 saturated carbocycles. The Kier molecular flexibility index (Phi) is 7.33. The third kappa shape index (κ3) is 5.85. The Labute approximate surface area is 195 Å². The molecular formula is C21H18ClF3N4O3S. The number of likely N-dealkylation sites (N-methyl/N-ethyl adjacent to an activating group) is 1. The van der Waals surface area contributed by atoms with E-state index in [9.17, 15) is 27.6 Å². The Bertz CT molecular complexity index is 1280. The van der Waals surface area contributed by atoms with Gasteiger partial charge in [-0.25, -0.2) is 4.98 Å². The van der Waals surface area contributed by atoms with Gasteiger partial charge in [0.2, 0.25) is 11.8 Å². The van der Waals surface area contributed by atoms with Crippen molar-refractivity contribution >= 4 is 51.8 Å². The Morgan fingerprint density at radius 1 is 1.21 bits per heavy atom. The van der Waals surface area contributed by atoms with Gasteiger partial charge < -0.3 is 10.2 Å². The molecule has 0 radical (unpaired) electrons. The molecule has 0 unspecified atom stereocenters. The van der Waals surface area contributed by atoms with Gasteiger partial charge in [0.1, 0.15) is 0 Å². The number of rotatable bonds is 6. The zero-order valence-corrected chi connectivity index (χ0v) is 19.0. The van der Waals surface area contributed by atoms with Crippen molar-refractivity contribution in [3.05, 3.63) is 63.4 Å². The van der Waals surface area contributed by atoms with Crippen LogP contribution in [0.4, 0.5) is 18.9 Å². The van der Waals surface area contributed by atoms with Gasteiger partial charge in [-0.3, -0.25) is 19.0 Å². The number of alkyl halides is 3. The molecule has 0 aliphatic rings. The Morgan fingerprint density at radius 2 is 1.91 bits per heavy atom. The second-order valence-electron chi connectivity index (χ2n) is 7.05. The predicted octanol–water partition coefficient (Wildman–Crippen LogP) is 3.79. The van der Waals surface area contributed by atoms with E-state index in [-0.39, 0.29) is 23.5 Å². The quantitative estimate of drug-likeness (QED) is 0.413. The molecule has 2 aromatic carbocycles. The minimum absolute atomic E-state index is 0.0951. The van der Waals surface area contributed by atoms with Crippen LogP contribution in [0, 0.1) is 0 Å². The highest BCUT2D eigenvalue weighted by atomic mass is 35.5. The van der Waals surface area contributed by atoms with Crippen molar-refractivity contribution in [2.45, 2.75) is 11.3 Å². The van der Waals surface area contributed by atoms with E-state index in [1.807, 2.05) is 0 Å². The molecule has 33 heavy (non-hydrogen) atoms. The molecule has 12 heteroatoms. The SMILES string of the molecule is CN(CC(=O)Nc1ccc(Cl)c(C(F)(F)F)c1)C(=O)CSc1nc2ccccc2c(=O)n1C. The first-order valence-corrected chi connectivity index (χ1v) is 10.8. The number of anilines is 1. The second-order valence-corrected chi connectivity index (χ2v) is 8.40. The van der Waals surface area contributed by atoms with Crippen LogP contribution in [0.15, 0.2) is 52.4 Å². The lowest BCUT2D eigenvalue weighted by Crippen LogP contribution is -2.36. The van der Waals surface area contributed by atoms with Crippen molar-refractivity contribution in [3.8, 4) is 0 Å². The molecule has 0 bridgehead atoms. The Balaban J connectivity index is 1.61. The molecule has 3 aromatic rings. The fraction of sp³-hybridized carbons (Fsp3) is 0.238. The maximum Gasteiger partial charge on any atom is 0.417 e. The number of benzene rings is 2. The molecule has 0 saturated heterocycles. The number of para-hydroxylation sites is 1. The summed E-state index contributed by atoms with van der Waals surface area (Å²) in [7, 11) is 2.94. The molecule has 7 nitrogen and oxygen atoms in total. The van der Waals surface area contributed by atoms with E-state index in [1.165, 1.54) is 17.7 Å². The van der Waals surface area contributed by atoms with E-state index in [0.717, 1.165) is 28.8 Å². The van der Waals surface area contributed by atoms with Crippen LogP contribution < -0.4 is 10.9 Å². The maximum absolute atomic E-state index is 13.0. The Morgan fingerprint density at radius 3 is 2.61 bits per heavy atom. The fourth-order valence-electron chi connectivity index (χ4n) is 2.89. The van der Waals surface area contributed by atoms with Crippen molar-refractivity contribution in [2.75, 3.05) is 24.7 Å². The molecule has 0 atom stereocenters. The van der Waals surface area contributed by atoms with Crippen LogP contribution >= 0.6 is 23.4 Å². The van der Waals surface area contributed by atoms with Gasteiger partial charge >= 0.3 is 6.18 Å². The van der Waals surface area contributed by atoms with Crippen LogP contribution in [0.2, 0.25) is 5.02 Å². The van der Waals surface area contributed by atoms with Crippen LogP contribution in [0.3, 0.4) is 0 Å². The standard InChI is InChI=1S/C21H18ClF3N4O3S/c1-28(10-17(30)26-12-7-8-15(22)14(9-12)21(23,24)25)18(31)11-33-20-27-16-6-4-3-5-13(16)19(32)29(20)2/h3-9H,10-11H2,1-2H3,(H,26,30). The van der Waals surface area contributed by atoms with E-state index in [0.29, 0.717) is 16.1 Å². The summed E-state index contributed by atoms with van der Waals surface area (Å²) in [6.07, 6.45) is -4.67. The summed E-state index contributed by atoms with van der Waals surface area (Å²) in [4.78, 5) is 42.6. The second kappa shape index (κ2) is 9.84. The highest BCUT2D eigenvalue weighted by molar-refractivity contribution is 7.99. The van der Waals surface area contributed by atoms with Crippen LogP contribution in [-0.4, -0.2) is 45.6 Å². The number of carbonyl (C=O) groups excluding carboxylic acids is 2. The number of aromatic nitrogens is 2. The average Bonchev–Trinajstić information content (AvgIpc) is 2.75. The zero-order valence-electron chi connectivity index (χ0n) is 17.4. The maximum atomic E-state index is 13.0. The molecule has 3 rings (SSSR count). The summed E-state index contributed by atoms with van der Waals surface area (Å²) >= 11 is 6.61. The monoisotopic (exact) mass is 498 g/mol. The normalized spacial score (nSPS) is 11.5. The minimum atomic E-state index is -4.67. The zero-order chi connectivity index (χ0) is 24.3. The van der Waals surface area contributed by atoms with E-state index >= 15 is 0 Å². The minimum Gasteiger partial charge on any atom is -0.336 e. The molecule has 1 N–H and O–H groups in total. The average molecular weight is 499 g/mol. The number of fused-ring (bicyclic) bond motifs is 1. The number of carbonyl (C=O) groups is 2. The number of nitrogens with one attached hydrogen (secondary N) is 1. The van der Waals surface area contributed by atoms with Gasteiger partial charge in [-0.15, -0.1) is 0 Å². The summed E-state index contributed by atoms with van der Waals surface area (Å²) in [6, 6.07) is 9.83. The third-order valence-electron chi connectivity index (χ3n) is 4.63. The number of halogens is 4. The first-order chi connectivity index (χ1) is 15.5. The molecule has 1 heterocycles. The van der Waals surface area contributed by atoms with Crippen LogP contribution in [0.25, 0.3) is 10.9 Å². The van der Waals surface area contributed by atoms with Crippen molar-refractivity contribution in [1.82, 2.24) is 14.5 Å². The van der Waals surface area contributed by atoms with Crippen molar-refractivity contribution < 1.29 is 22.8 Å². The predicted molar refractivity (Wildman–Crippen MR) is 120 cm³/mol. The number of nitrogens with zero attached hydrogens (tertiary/aromatic N) is 3. The van der Waals surface area contributed by atoms with E-state index in [1.54, 1.807) is 31.3 Å². The van der Waals surface area contributed by atoms with Crippen LogP contribution in [0.1, 0.15) is 5.56 Å². The summed E-state index contributed by atoms with van der Waals surface area (Å²) in [5.41, 5.74) is -0.910. The number of thioether (sulfide) groups is 1. The lowest BCUT2D eigenvalue weighted by molar-refractivity contribution is -0.137. The van der Waals surface area contributed by atoms with Crippen molar-refractivity contribution in [2.24, 2.45) is 7.05 Å². The number of hydrogen-bond donors (Lipinski definition) is 1. The number of hydrogen-bond acceptors (Lipinski definition) is 5. The molecule has 0 aliphatic heterocycles. The summed E-state index contributed by atoms with van der Waals surface area (Å²) in [6.45, 7) is -0.381. The first-order valence-electron chi connectivity index (χ1n) is 9.46. The summed E-state index contributed by atoms with van der Waals surface area (Å²) in [5, 5.41) is 2.63. The highest BCUT2D eigenvalue weighted by Gasteiger charge is 2.33. The van der Waals surface area contributed by atoms with E-state index in [4.69, 9.17) is 11.6 Å². The first kappa shape index (κ1) is 24.6. The van der Waals surface area contributed by atoms with Crippen LogP contribution in [-0.2, 0) is 22.8 Å². The lowest BCUT2D eigenvalue weighted by atomic mass is 10.2. The van der Waals surface area contributed by atoms with Crippen LogP contribution in [0.5, 0.6) is 0 Å². The smallest absolute Gasteiger partial charge is 0.336 e. The third-order valence-corrected chi connectivity index (χ3v) is 5.97. The van der Waals surface area contributed by atoms with Gasteiger partial charge in [-0.1, -0.05) is 35.5 Å². The molecule has 174 valence electrons. The molecule has 2 amide bonds. The topological polar surface area (TPSA) is 84.3 Å². The lowest BCUT2D eigenvalue weighted by Gasteiger charge is -2.17. The molecule has 0 spiro atoms. The van der Waals surface area contributed by atoms with Gasteiger partial charge in [0, 0.05) is 19.8 Å². The largest absolute Gasteiger partial charge is 0.417 e. The van der Waals surface area contributed by atoms with Gasteiger partial charge in [-0.05, 0) is 30.3 Å². The van der Waals surface area contributed by atoms with Gasteiger partial charge in [0.15, 0.2) is 5.16 Å². The molecule has 0 aliphatic carbocycles. The molecule has 0 fully saturated rings. The van der Waals surface area contributed by atoms with Gasteiger partial charge in [0.05, 0.1) is 33.8 Å². The fourth-order valence-corrected chi connectivity index (χ4v) is 4.02. The van der Waals surface area contributed by atoms with E-state index in [2.05, 4.69) is 10.3 Å². The highest BCUT2D eigenvalue weighted by Crippen LogP contribution is 2.36. The van der Waals surface area contributed by atoms with E-state index < -0.39 is 28.6 Å². The van der Waals surface area contributed by atoms with Gasteiger partial charge in [-0.2, -0.15) is 13.2 Å². The Hall–Kier alpha value is -3.05.